The van der Waals surface area contributed by atoms with Crippen molar-refractivity contribution >= 4 is 45.5 Å². The lowest BCUT2D eigenvalue weighted by atomic mass is 9.88. The molecule has 56 heavy (non-hydrogen) atoms. The van der Waals surface area contributed by atoms with Gasteiger partial charge >= 0.3 is 12.2 Å². The Bertz CT molecular complexity index is 1890. The molecule has 0 saturated carbocycles. The molecule has 0 aliphatic rings. The van der Waals surface area contributed by atoms with E-state index in [9.17, 15) is 29.4 Å². The van der Waals surface area contributed by atoms with Crippen molar-refractivity contribution in [3.05, 3.63) is 71.8 Å². The van der Waals surface area contributed by atoms with Gasteiger partial charge in [0.25, 0.3) is 0 Å². The van der Waals surface area contributed by atoms with Gasteiger partial charge in [-0.15, -0.1) is 0 Å². The summed E-state index contributed by atoms with van der Waals surface area (Å²) in [6.45, 7) is 15.4. The van der Waals surface area contributed by atoms with E-state index in [1.165, 1.54) is 0 Å². The number of nitrogens with one attached hydrogen (secondary N) is 6. The first-order valence-corrected chi connectivity index (χ1v) is 18.8. The summed E-state index contributed by atoms with van der Waals surface area (Å²) in [6, 6.07) is 17.5. The highest BCUT2D eigenvalue weighted by molar-refractivity contribution is 6.10. The van der Waals surface area contributed by atoms with Gasteiger partial charge in [-0.25, -0.2) is 9.59 Å². The predicted molar refractivity (Wildman–Crippen MR) is 217 cm³/mol. The van der Waals surface area contributed by atoms with E-state index in [2.05, 4.69) is 31.9 Å². The Morgan fingerprint density at radius 2 is 0.946 bits per heavy atom. The summed E-state index contributed by atoms with van der Waals surface area (Å²) in [6.07, 6.45) is -1.35. The summed E-state index contributed by atoms with van der Waals surface area (Å²) in [5.74, 6) is -0.704. The Labute approximate surface area is 328 Å². The van der Waals surface area contributed by atoms with E-state index in [-0.39, 0.29) is 49.5 Å². The number of hydrogen-bond acceptors (Lipinski definition) is 10. The van der Waals surface area contributed by atoms with Crippen molar-refractivity contribution in [1.82, 2.24) is 31.9 Å². The number of aromatic hydroxyl groups is 2. The van der Waals surface area contributed by atoms with Crippen LogP contribution in [0.5, 0.6) is 11.5 Å². The molecule has 2 atom stereocenters. The molecule has 0 aliphatic heterocycles. The standard InChI is InChI=1S/C42H56N6O8/c1-25(47-39(53)55-41(3,4)5)37(51)45-19-17-43-23-29-21-27-13-9-11-15-31(27)33(35(29)49)34-32-16-12-10-14-28(32)22-30(36(34)50)24-44-18-20-46-38(52)26(2)48-40(54)56-42(6,7)8/h9-16,21-22,25-26,43-44,49-50H,17-20,23-24H2,1-8H3,(H,45,51)(H,46,52)(H,47,53)(H,48,54)/t25-,26-/m0/s1. The maximum Gasteiger partial charge on any atom is 0.408 e. The molecular weight excluding hydrogens is 716 g/mol. The minimum atomic E-state index is -0.796. The normalized spacial score (nSPS) is 12.8. The molecule has 0 radical (unpaired) electrons. The fraction of sp³-hybridized carbons (Fsp3) is 0.429. The molecule has 0 bridgehead atoms. The van der Waals surface area contributed by atoms with Gasteiger partial charge in [-0.2, -0.15) is 0 Å². The van der Waals surface area contributed by atoms with Crippen molar-refractivity contribution in [3.8, 4) is 22.6 Å². The van der Waals surface area contributed by atoms with E-state index in [1.54, 1.807) is 55.4 Å². The molecule has 0 spiro atoms. The van der Waals surface area contributed by atoms with E-state index < -0.39 is 35.5 Å². The molecule has 14 nitrogen and oxygen atoms in total. The highest BCUT2D eigenvalue weighted by Gasteiger charge is 2.24. The van der Waals surface area contributed by atoms with Crippen molar-refractivity contribution in [2.45, 2.75) is 91.8 Å². The number of ether oxygens (including phenoxy) is 2. The van der Waals surface area contributed by atoms with Gasteiger partial charge in [0.1, 0.15) is 34.8 Å². The van der Waals surface area contributed by atoms with E-state index in [0.29, 0.717) is 35.3 Å². The van der Waals surface area contributed by atoms with E-state index in [0.717, 1.165) is 21.5 Å². The predicted octanol–water partition coefficient (Wildman–Crippen LogP) is 5.31. The summed E-state index contributed by atoms with van der Waals surface area (Å²) in [4.78, 5) is 49.2. The highest BCUT2D eigenvalue weighted by Crippen LogP contribution is 2.47. The monoisotopic (exact) mass is 772 g/mol. The maximum absolute atomic E-state index is 12.6. The molecule has 14 heteroatoms. The SMILES string of the molecule is C[C@H](NC(=O)OC(C)(C)C)C(=O)NCCNCc1cc2ccccc2c(-c2c(O)c(CNCCNC(=O)[C@H](C)NC(=O)OC(C)(C)C)cc3ccccc23)c1O. The van der Waals surface area contributed by atoms with Crippen LogP contribution in [0.2, 0.25) is 0 Å². The van der Waals surface area contributed by atoms with Gasteiger partial charge in [-0.3, -0.25) is 9.59 Å². The number of rotatable bonds is 15. The quantitative estimate of drug-likeness (QED) is 0.0733. The Kier molecular flexibility index (Phi) is 14.5. The lowest BCUT2D eigenvalue weighted by Gasteiger charge is -2.21. The van der Waals surface area contributed by atoms with Crippen LogP contribution in [0.15, 0.2) is 60.7 Å². The van der Waals surface area contributed by atoms with Crippen LogP contribution in [-0.4, -0.2) is 83.7 Å². The van der Waals surface area contributed by atoms with Gasteiger partial charge in [0.2, 0.25) is 11.8 Å². The molecule has 302 valence electrons. The molecule has 0 heterocycles. The van der Waals surface area contributed by atoms with Crippen LogP contribution in [0.3, 0.4) is 0 Å². The number of carbonyl (C=O) groups excluding carboxylic acids is 4. The van der Waals surface area contributed by atoms with E-state index >= 15 is 0 Å². The molecule has 0 unspecified atom stereocenters. The summed E-state index contributed by atoms with van der Waals surface area (Å²) >= 11 is 0. The Morgan fingerprint density at radius 1 is 0.589 bits per heavy atom. The number of phenols is 2. The first-order chi connectivity index (χ1) is 26.3. The largest absolute Gasteiger partial charge is 0.507 e. The summed E-state index contributed by atoms with van der Waals surface area (Å²) < 4.78 is 10.4. The van der Waals surface area contributed by atoms with Crippen molar-refractivity contribution in [2.75, 3.05) is 26.2 Å². The number of benzene rings is 4. The summed E-state index contributed by atoms with van der Waals surface area (Å²) in [5, 5.41) is 44.2. The maximum atomic E-state index is 12.6. The lowest BCUT2D eigenvalue weighted by Crippen LogP contribution is -2.47. The highest BCUT2D eigenvalue weighted by atomic mass is 16.6. The average Bonchev–Trinajstić information content (AvgIpc) is 3.10. The molecule has 0 aromatic heterocycles. The Balaban J connectivity index is 1.46. The average molecular weight is 773 g/mol. The topological polar surface area (TPSA) is 199 Å². The molecule has 8 N–H and O–H groups in total. The first kappa shape index (κ1) is 43.1. The van der Waals surface area contributed by atoms with Crippen LogP contribution in [0.1, 0.15) is 66.5 Å². The number of amides is 4. The second-order valence-corrected chi connectivity index (χ2v) is 15.6. The number of phenolic OH excluding ortho intramolecular Hbond substituents is 2. The number of carbonyl (C=O) groups is 4. The third-order valence-corrected chi connectivity index (χ3v) is 8.54. The summed E-state index contributed by atoms with van der Waals surface area (Å²) in [5.41, 5.74) is 0.814. The van der Waals surface area contributed by atoms with Crippen LogP contribution in [0.4, 0.5) is 9.59 Å². The van der Waals surface area contributed by atoms with Crippen LogP contribution < -0.4 is 31.9 Å². The number of alkyl carbamates (subject to hydrolysis) is 2. The van der Waals surface area contributed by atoms with Crippen molar-refractivity contribution < 1.29 is 38.9 Å². The molecule has 4 aromatic rings. The van der Waals surface area contributed by atoms with Crippen LogP contribution in [0, 0.1) is 0 Å². The molecule has 4 amide bonds. The van der Waals surface area contributed by atoms with Gasteiger partial charge in [-0.1, -0.05) is 48.5 Å². The van der Waals surface area contributed by atoms with Gasteiger partial charge in [0.15, 0.2) is 0 Å². The van der Waals surface area contributed by atoms with Gasteiger partial charge in [0.05, 0.1) is 0 Å². The van der Waals surface area contributed by atoms with E-state index in [4.69, 9.17) is 9.47 Å². The first-order valence-electron chi connectivity index (χ1n) is 18.8. The minimum absolute atomic E-state index is 0.0119. The van der Waals surface area contributed by atoms with Crippen LogP contribution >= 0.6 is 0 Å². The summed E-state index contributed by atoms with van der Waals surface area (Å²) in [7, 11) is 0. The second-order valence-electron chi connectivity index (χ2n) is 15.6. The van der Waals surface area contributed by atoms with Crippen molar-refractivity contribution in [2.24, 2.45) is 0 Å². The van der Waals surface area contributed by atoms with Crippen LogP contribution in [-0.2, 0) is 32.2 Å². The fourth-order valence-electron chi connectivity index (χ4n) is 5.97. The molecule has 0 aliphatic carbocycles. The lowest BCUT2D eigenvalue weighted by molar-refractivity contribution is -0.123. The number of fused-ring (bicyclic) bond motifs is 2. The Hall–Kier alpha value is -5.60. The molecular formula is C42H56N6O8. The second kappa shape index (κ2) is 18.8. The van der Waals surface area contributed by atoms with Gasteiger partial charge in [0, 0.05) is 61.5 Å². The molecule has 4 rings (SSSR count). The Morgan fingerprint density at radius 3 is 1.30 bits per heavy atom. The van der Waals surface area contributed by atoms with Gasteiger partial charge in [-0.05, 0) is 89.1 Å². The van der Waals surface area contributed by atoms with Crippen LogP contribution in [0.25, 0.3) is 32.7 Å². The molecule has 0 fully saturated rings. The third-order valence-electron chi connectivity index (χ3n) is 8.54. The zero-order valence-corrected chi connectivity index (χ0v) is 33.5. The number of hydrogen-bond donors (Lipinski definition) is 8. The molecule has 4 aromatic carbocycles. The fourth-order valence-corrected chi connectivity index (χ4v) is 5.97. The van der Waals surface area contributed by atoms with Crippen molar-refractivity contribution in [1.29, 1.82) is 0 Å². The van der Waals surface area contributed by atoms with Gasteiger partial charge < -0.3 is 51.6 Å². The molecule has 0 saturated heterocycles. The smallest absolute Gasteiger partial charge is 0.408 e. The third kappa shape index (κ3) is 12.2. The zero-order valence-electron chi connectivity index (χ0n) is 33.5. The zero-order chi connectivity index (χ0) is 41.2. The van der Waals surface area contributed by atoms with Crippen molar-refractivity contribution in [3.63, 3.8) is 0 Å². The van der Waals surface area contributed by atoms with E-state index in [1.807, 2.05) is 60.7 Å². The minimum Gasteiger partial charge on any atom is -0.507 e.